The van der Waals surface area contributed by atoms with E-state index < -0.39 is 10.0 Å². The van der Waals surface area contributed by atoms with Crippen LogP contribution in [0.25, 0.3) is 0 Å². The van der Waals surface area contributed by atoms with Crippen LogP contribution in [-0.2, 0) is 10.0 Å². The number of sulfonamides is 1. The molecule has 1 aromatic carbocycles. The second kappa shape index (κ2) is 4.89. The van der Waals surface area contributed by atoms with E-state index in [1.54, 1.807) is 4.31 Å². The summed E-state index contributed by atoms with van der Waals surface area (Å²) in [6.45, 7) is 2.29. The molecule has 4 nitrogen and oxygen atoms in total. The van der Waals surface area contributed by atoms with Crippen LogP contribution < -0.4 is 0 Å². The van der Waals surface area contributed by atoms with Gasteiger partial charge >= 0.3 is 0 Å². The molecule has 0 bridgehead atoms. The molecule has 3 rings (SSSR count). The van der Waals surface area contributed by atoms with Crippen molar-refractivity contribution in [2.75, 3.05) is 25.9 Å². The lowest BCUT2D eigenvalue weighted by Crippen LogP contribution is -2.50. The Labute approximate surface area is 115 Å². The van der Waals surface area contributed by atoms with Crippen LogP contribution in [0.1, 0.15) is 24.4 Å². The summed E-state index contributed by atoms with van der Waals surface area (Å²) >= 11 is 0. The highest BCUT2D eigenvalue weighted by Gasteiger charge is 2.38. The maximum atomic E-state index is 12.0. The monoisotopic (exact) mass is 280 g/mol. The van der Waals surface area contributed by atoms with Crippen LogP contribution in [-0.4, -0.2) is 49.6 Å². The zero-order chi connectivity index (χ0) is 13.5. The molecule has 0 N–H and O–H groups in total. The molecule has 1 saturated carbocycles. The molecule has 1 saturated heterocycles. The second-order valence-corrected chi connectivity index (χ2v) is 7.46. The smallest absolute Gasteiger partial charge is 0.211 e. The first-order valence-electron chi connectivity index (χ1n) is 6.81. The highest BCUT2D eigenvalue weighted by Crippen LogP contribution is 2.34. The van der Waals surface area contributed by atoms with Crippen LogP contribution in [0.3, 0.4) is 0 Å². The maximum absolute atomic E-state index is 12.0. The van der Waals surface area contributed by atoms with Gasteiger partial charge in [-0.15, -0.1) is 0 Å². The summed E-state index contributed by atoms with van der Waals surface area (Å²) in [6, 6.07) is 10.6. The Kier molecular flexibility index (Phi) is 3.37. The van der Waals surface area contributed by atoms with Crippen molar-refractivity contribution in [1.29, 1.82) is 0 Å². The minimum atomic E-state index is -3.15. The van der Waals surface area contributed by atoms with Crippen LogP contribution in [0.2, 0.25) is 0 Å². The van der Waals surface area contributed by atoms with E-state index >= 15 is 0 Å². The molecular formula is C14H20N2O2S. The lowest BCUT2D eigenvalue weighted by atomic mass is 10.0. The molecule has 0 aromatic heterocycles. The summed E-state index contributed by atoms with van der Waals surface area (Å²) in [7, 11) is -3.15. The minimum Gasteiger partial charge on any atom is -0.297 e. The topological polar surface area (TPSA) is 40.6 Å². The number of hydrogen-bond acceptors (Lipinski definition) is 3. The van der Waals surface area contributed by atoms with Crippen molar-refractivity contribution in [2.45, 2.75) is 24.9 Å². The van der Waals surface area contributed by atoms with Gasteiger partial charge in [0.15, 0.2) is 0 Å². The fourth-order valence-corrected chi connectivity index (χ4v) is 3.97. The molecule has 0 amide bonds. The fraction of sp³-hybridized carbons (Fsp3) is 0.571. The Morgan fingerprint density at radius 3 is 2.37 bits per heavy atom. The quantitative estimate of drug-likeness (QED) is 0.842. The SMILES string of the molecule is CS(=O)(=O)N1CCN(C2CC2)CC1c1ccccc1. The molecular weight excluding hydrogens is 260 g/mol. The first-order valence-corrected chi connectivity index (χ1v) is 8.66. The second-order valence-electron chi connectivity index (χ2n) is 5.53. The van der Waals surface area contributed by atoms with Crippen molar-refractivity contribution < 1.29 is 8.42 Å². The van der Waals surface area contributed by atoms with Gasteiger partial charge in [0.25, 0.3) is 0 Å². The molecule has 1 aliphatic carbocycles. The van der Waals surface area contributed by atoms with Crippen molar-refractivity contribution in [3.63, 3.8) is 0 Å². The Morgan fingerprint density at radius 2 is 1.79 bits per heavy atom. The van der Waals surface area contributed by atoms with Crippen LogP contribution in [0.15, 0.2) is 30.3 Å². The predicted octanol–water partition coefficient (Wildman–Crippen LogP) is 1.47. The van der Waals surface area contributed by atoms with Gasteiger partial charge < -0.3 is 0 Å². The Bertz CT molecular complexity index is 540. The van der Waals surface area contributed by atoms with E-state index in [1.807, 2.05) is 30.3 Å². The third-order valence-electron chi connectivity index (χ3n) is 4.04. The first kappa shape index (κ1) is 13.1. The van der Waals surface area contributed by atoms with Crippen LogP contribution in [0.4, 0.5) is 0 Å². The van der Waals surface area contributed by atoms with Gasteiger partial charge in [0.05, 0.1) is 12.3 Å². The Hall–Kier alpha value is -0.910. The van der Waals surface area contributed by atoms with Gasteiger partial charge in [-0.1, -0.05) is 30.3 Å². The van der Waals surface area contributed by atoms with E-state index in [2.05, 4.69) is 4.90 Å². The molecule has 1 heterocycles. The molecule has 1 atom stereocenters. The van der Waals surface area contributed by atoms with Crippen molar-refractivity contribution >= 4 is 10.0 Å². The first-order chi connectivity index (χ1) is 9.05. The third-order valence-corrected chi connectivity index (χ3v) is 5.33. The molecule has 5 heteroatoms. The van der Waals surface area contributed by atoms with E-state index in [9.17, 15) is 8.42 Å². The van der Waals surface area contributed by atoms with E-state index in [0.29, 0.717) is 12.6 Å². The molecule has 1 unspecified atom stereocenters. The van der Waals surface area contributed by atoms with Gasteiger partial charge in [-0.3, -0.25) is 4.90 Å². The summed E-state index contributed by atoms with van der Waals surface area (Å²) in [5, 5.41) is 0. The zero-order valence-corrected chi connectivity index (χ0v) is 12.0. The average molecular weight is 280 g/mol. The van der Waals surface area contributed by atoms with Gasteiger partial charge in [-0.05, 0) is 18.4 Å². The van der Waals surface area contributed by atoms with Crippen molar-refractivity contribution in [3.05, 3.63) is 35.9 Å². The van der Waals surface area contributed by atoms with Crippen LogP contribution in [0, 0.1) is 0 Å². The minimum absolute atomic E-state index is 0.0365. The maximum Gasteiger partial charge on any atom is 0.211 e. The highest BCUT2D eigenvalue weighted by molar-refractivity contribution is 7.88. The zero-order valence-electron chi connectivity index (χ0n) is 11.2. The molecule has 0 spiro atoms. The third kappa shape index (κ3) is 2.83. The fourth-order valence-electron chi connectivity index (χ4n) is 2.90. The molecule has 19 heavy (non-hydrogen) atoms. The van der Waals surface area contributed by atoms with Gasteiger partial charge in [0.1, 0.15) is 0 Å². The molecule has 2 fully saturated rings. The lowest BCUT2D eigenvalue weighted by Gasteiger charge is -2.40. The molecule has 1 aromatic rings. The summed E-state index contributed by atoms with van der Waals surface area (Å²) in [5.74, 6) is 0. The number of piperazine rings is 1. The molecule has 104 valence electrons. The van der Waals surface area contributed by atoms with E-state index in [0.717, 1.165) is 18.7 Å². The molecule has 1 aliphatic heterocycles. The van der Waals surface area contributed by atoms with E-state index in [4.69, 9.17) is 0 Å². The summed E-state index contributed by atoms with van der Waals surface area (Å²) < 4.78 is 25.6. The van der Waals surface area contributed by atoms with Crippen molar-refractivity contribution in [3.8, 4) is 0 Å². The summed E-state index contributed by atoms with van der Waals surface area (Å²) in [5.41, 5.74) is 1.10. The largest absolute Gasteiger partial charge is 0.297 e. The Balaban J connectivity index is 1.88. The van der Waals surface area contributed by atoms with Gasteiger partial charge in [-0.25, -0.2) is 8.42 Å². The lowest BCUT2D eigenvalue weighted by molar-refractivity contribution is 0.129. The summed E-state index contributed by atoms with van der Waals surface area (Å²) in [6.07, 6.45) is 3.84. The van der Waals surface area contributed by atoms with Gasteiger partial charge in [0.2, 0.25) is 10.0 Å². The average Bonchev–Trinajstić information content (AvgIpc) is 3.22. The van der Waals surface area contributed by atoms with Gasteiger partial charge in [-0.2, -0.15) is 4.31 Å². The highest BCUT2D eigenvalue weighted by atomic mass is 32.2. The van der Waals surface area contributed by atoms with Crippen molar-refractivity contribution in [2.24, 2.45) is 0 Å². The number of rotatable bonds is 3. The van der Waals surface area contributed by atoms with Crippen molar-refractivity contribution in [1.82, 2.24) is 9.21 Å². The van der Waals surface area contributed by atoms with Crippen LogP contribution >= 0.6 is 0 Å². The Morgan fingerprint density at radius 1 is 1.11 bits per heavy atom. The molecule has 2 aliphatic rings. The number of hydrogen-bond donors (Lipinski definition) is 0. The van der Waals surface area contributed by atoms with Crippen LogP contribution in [0.5, 0.6) is 0 Å². The number of nitrogens with zero attached hydrogens (tertiary/aromatic N) is 2. The molecule has 0 radical (unpaired) electrons. The van der Waals surface area contributed by atoms with E-state index in [-0.39, 0.29) is 6.04 Å². The normalized spacial score (nSPS) is 26.5. The van der Waals surface area contributed by atoms with Gasteiger partial charge in [0, 0.05) is 25.7 Å². The standard InChI is InChI=1S/C14H20N2O2S/c1-19(17,18)16-10-9-15(13-7-8-13)11-14(16)12-5-3-2-4-6-12/h2-6,13-14H,7-11H2,1H3. The number of benzene rings is 1. The predicted molar refractivity (Wildman–Crippen MR) is 75.3 cm³/mol. The van der Waals surface area contributed by atoms with E-state index in [1.165, 1.54) is 19.1 Å². The summed E-state index contributed by atoms with van der Waals surface area (Å²) in [4.78, 5) is 2.44.